The van der Waals surface area contributed by atoms with Crippen LogP contribution in [-0.2, 0) is 6.18 Å². The summed E-state index contributed by atoms with van der Waals surface area (Å²) >= 11 is 0. The van der Waals surface area contributed by atoms with E-state index < -0.39 is 11.7 Å². The molecule has 3 nitrogen and oxygen atoms in total. The van der Waals surface area contributed by atoms with Crippen molar-refractivity contribution in [2.45, 2.75) is 6.18 Å². The van der Waals surface area contributed by atoms with Gasteiger partial charge in [0.25, 0.3) is 0 Å². The molecule has 0 aliphatic carbocycles. The maximum absolute atomic E-state index is 12.4. The van der Waals surface area contributed by atoms with Crippen LogP contribution in [0, 0.1) is 0 Å². The van der Waals surface area contributed by atoms with Gasteiger partial charge >= 0.3 is 6.18 Å². The normalized spacial score (nSPS) is 11.7. The van der Waals surface area contributed by atoms with Crippen LogP contribution in [0.25, 0.3) is 11.3 Å². The number of alkyl halides is 3. The molecular weight excluding hydrogens is 221 g/mol. The summed E-state index contributed by atoms with van der Waals surface area (Å²) in [5.74, 6) is 0.344. The Balaban J connectivity index is 2.44. The summed E-state index contributed by atoms with van der Waals surface area (Å²) in [6, 6.07) is 6.14. The molecule has 6 heteroatoms. The van der Waals surface area contributed by atoms with Gasteiger partial charge in [0.05, 0.1) is 5.56 Å². The maximum atomic E-state index is 12.4. The molecule has 0 amide bonds. The predicted octanol–water partition coefficient (Wildman–Crippen LogP) is 2.94. The number of rotatable bonds is 1. The summed E-state index contributed by atoms with van der Waals surface area (Å²) < 4.78 is 42.0. The van der Waals surface area contributed by atoms with E-state index in [9.17, 15) is 13.2 Å². The molecular formula is C10H7F3N2O. The fraction of sp³-hybridized carbons (Fsp3) is 0.100. The number of benzene rings is 1. The lowest BCUT2D eigenvalue weighted by atomic mass is 10.1. The molecule has 0 fully saturated rings. The highest BCUT2D eigenvalue weighted by molar-refractivity contribution is 5.60. The van der Waals surface area contributed by atoms with Crippen molar-refractivity contribution < 1.29 is 17.7 Å². The van der Waals surface area contributed by atoms with Gasteiger partial charge in [-0.25, -0.2) is 0 Å². The van der Waals surface area contributed by atoms with Gasteiger partial charge in [-0.15, -0.1) is 0 Å². The van der Waals surface area contributed by atoms with Gasteiger partial charge in [-0.2, -0.15) is 13.2 Å². The topological polar surface area (TPSA) is 52.0 Å². The zero-order chi connectivity index (χ0) is 11.8. The van der Waals surface area contributed by atoms with Gasteiger partial charge in [0.1, 0.15) is 0 Å². The Kier molecular flexibility index (Phi) is 2.34. The van der Waals surface area contributed by atoms with E-state index in [2.05, 4.69) is 5.16 Å². The maximum Gasteiger partial charge on any atom is 0.416 e. The van der Waals surface area contributed by atoms with E-state index in [4.69, 9.17) is 10.3 Å². The minimum Gasteiger partial charge on any atom is -0.381 e. The Hall–Kier alpha value is -1.98. The Labute approximate surface area is 88.7 Å². The van der Waals surface area contributed by atoms with Gasteiger partial charge in [-0.05, 0) is 12.1 Å². The minimum atomic E-state index is -4.37. The number of anilines is 1. The Morgan fingerprint density at radius 2 is 1.94 bits per heavy atom. The largest absolute Gasteiger partial charge is 0.416 e. The Morgan fingerprint density at radius 1 is 1.19 bits per heavy atom. The summed E-state index contributed by atoms with van der Waals surface area (Å²) in [6.07, 6.45) is -4.37. The summed E-state index contributed by atoms with van der Waals surface area (Å²) in [5, 5.41) is 3.41. The molecule has 84 valence electrons. The first-order valence-electron chi connectivity index (χ1n) is 4.36. The number of nitrogens with two attached hydrogens (primary N) is 1. The van der Waals surface area contributed by atoms with Crippen molar-refractivity contribution in [2.75, 3.05) is 5.73 Å². The Bertz CT molecular complexity index is 505. The van der Waals surface area contributed by atoms with Crippen molar-refractivity contribution in [2.24, 2.45) is 0 Å². The number of nitrogens with zero attached hydrogens (tertiary/aromatic N) is 1. The van der Waals surface area contributed by atoms with E-state index in [1.165, 1.54) is 18.2 Å². The van der Waals surface area contributed by atoms with Crippen LogP contribution in [-0.4, -0.2) is 5.16 Å². The average molecular weight is 228 g/mol. The van der Waals surface area contributed by atoms with Gasteiger partial charge in [0, 0.05) is 11.6 Å². The summed E-state index contributed by atoms with van der Waals surface area (Å²) in [4.78, 5) is 0. The number of halogens is 3. The van der Waals surface area contributed by atoms with Crippen LogP contribution >= 0.6 is 0 Å². The van der Waals surface area contributed by atoms with E-state index in [1.54, 1.807) is 0 Å². The second-order valence-electron chi connectivity index (χ2n) is 3.19. The van der Waals surface area contributed by atoms with Crippen molar-refractivity contribution in [1.82, 2.24) is 5.16 Å². The summed E-state index contributed by atoms with van der Waals surface area (Å²) in [7, 11) is 0. The molecule has 0 bridgehead atoms. The highest BCUT2D eigenvalue weighted by Crippen LogP contribution is 2.32. The van der Waals surface area contributed by atoms with Crippen molar-refractivity contribution in [1.29, 1.82) is 0 Å². The smallest absolute Gasteiger partial charge is 0.381 e. The molecule has 2 rings (SSSR count). The van der Waals surface area contributed by atoms with Crippen LogP contribution in [0.5, 0.6) is 0 Å². The highest BCUT2D eigenvalue weighted by Gasteiger charge is 2.30. The van der Waals surface area contributed by atoms with E-state index >= 15 is 0 Å². The van der Waals surface area contributed by atoms with Crippen molar-refractivity contribution in [3.8, 4) is 11.3 Å². The van der Waals surface area contributed by atoms with E-state index in [0.717, 1.165) is 12.1 Å². The third-order valence-electron chi connectivity index (χ3n) is 2.00. The fourth-order valence-corrected chi connectivity index (χ4v) is 1.27. The molecule has 2 N–H and O–H groups in total. The van der Waals surface area contributed by atoms with Crippen molar-refractivity contribution >= 4 is 5.82 Å². The average Bonchev–Trinajstić information content (AvgIpc) is 2.64. The van der Waals surface area contributed by atoms with Crippen LogP contribution in [0.2, 0.25) is 0 Å². The molecule has 0 aliphatic rings. The lowest BCUT2D eigenvalue weighted by Crippen LogP contribution is -2.04. The van der Waals surface area contributed by atoms with Gasteiger partial charge in [0.15, 0.2) is 11.6 Å². The van der Waals surface area contributed by atoms with Crippen LogP contribution in [0.15, 0.2) is 34.9 Å². The molecule has 0 saturated heterocycles. The highest BCUT2D eigenvalue weighted by atomic mass is 19.4. The molecule has 0 saturated carbocycles. The van der Waals surface area contributed by atoms with Crippen LogP contribution in [0.1, 0.15) is 5.56 Å². The lowest BCUT2D eigenvalue weighted by Gasteiger charge is -2.06. The first-order valence-corrected chi connectivity index (χ1v) is 4.36. The minimum absolute atomic E-state index is 0.132. The zero-order valence-electron chi connectivity index (χ0n) is 7.95. The van der Waals surface area contributed by atoms with Crippen LogP contribution < -0.4 is 5.73 Å². The SMILES string of the molecule is Nc1cc(-c2cccc(C(F)(F)F)c2)on1. The molecule has 0 unspecified atom stereocenters. The third kappa shape index (κ3) is 2.00. The van der Waals surface area contributed by atoms with Crippen molar-refractivity contribution in [3.05, 3.63) is 35.9 Å². The van der Waals surface area contributed by atoms with E-state index in [-0.39, 0.29) is 11.6 Å². The fourth-order valence-electron chi connectivity index (χ4n) is 1.27. The summed E-state index contributed by atoms with van der Waals surface area (Å²) in [6.45, 7) is 0. The molecule has 0 spiro atoms. The molecule has 0 radical (unpaired) electrons. The van der Waals surface area contributed by atoms with Crippen LogP contribution in [0.4, 0.5) is 19.0 Å². The standard InChI is InChI=1S/C10H7F3N2O/c11-10(12,13)7-3-1-2-6(4-7)8-5-9(14)15-16-8/h1-5H,(H2,14,15). The second-order valence-corrected chi connectivity index (χ2v) is 3.19. The van der Waals surface area contributed by atoms with Crippen molar-refractivity contribution in [3.63, 3.8) is 0 Å². The third-order valence-corrected chi connectivity index (χ3v) is 2.00. The zero-order valence-corrected chi connectivity index (χ0v) is 7.95. The number of nitrogen functional groups attached to an aromatic ring is 1. The molecule has 0 aliphatic heterocycles. The predicted molar refractivity (Wildman–Crippen MR) is 51.4 cm³/mol. The molecule has 1 heterocycles. The number of hydrogen-bond acceptors (Lipinski definition) is 3. The monoisotopic (exact) mass is 228 g/mol. The summed E-state index contributed by atoms with van der Waals surface area (Å²) in [5.41, 5.74) is 4.87. The first-order chi connectivity index (χ1) is 7.47. The van der Waals surface area contributed by atoms with Gasteiger partial charge in [-0.3, -0.25) is 0 Å². The number of hydrogen-bond donors (Lipinski definition) is 1. The molecule has 16 heavy (non-hydrogen) atoms. The Morgan fingerprint density at radius 3 is 2.50 bits per heavy atom. The van der Waals surface area contributed by atoms with E-state index in [1.807, 2.05) is 0 Å². The van der Waals surface area contributed by atoms with Gasteiger partial charge in [0.2, 0.25) is 0 Å². The lowest BCUT2D eigenvalue weighted by molar-refractivity contribution is -0.137. The quantitative estimate of drug-likeness (QED) is 0.816. The van der Waals surface area contributed by atoms with E-state index in [0.29, 0.717) is 5.56 Å². The second kappa shape index (κ2) is 3.55. The van der Waals surface area contributed by atoms with Gasteiger partial charge < -0.3 is 10.3 Å². The van der Waals surface area contributed by atoms with Crippen LogP contribution in [0.3, 0.4) is 0 Å². The molecule has 1 aromatic heterocycles. The van der Waals surface area contributed by atoms with Gasteiger partial charge in [-0.1, -0.05) is 17.3 Å². The molecule has 1 aromatic carbocycles. The first kappa shape index (κ1) is 10.5. The molecule has 2 aromatic rings. The number of aromatic nitrogens is 1. The molecule has 0 atom stereocenters.